The smallest absolute Gasteiger partial charge is 0.330 e. The Morgan fingerprint density at radius 2 is 2.07 bits per heavy atom. The van der Waals surface area contributed by atoms with E-state index in [9.17, 15) is 4.79 Å². The minimum atomic E-state index is -0.244. The summed E-state index contributed by atoms with van der Waals surface area (Å²) in [6, 6.07) is 0.277. The molecule has 0 spiro atoms. The minimum Gasteiger partial charge on any atom is -0.461 e. The molecule has 0 saturated heterocycles. The van der Waals surface area contributed by atoms with Gasteiger partial charge in [0.25, 0.3) is 0 Å². The van der Waals surface area contributed by atoms with E-state index in [1.165, 1.54) is 6.08 Å². The Labute approximate surface area is 92.9 Å². The molecule has 0 aromatic rings. The van der Waals surface area contributed by atoms with Crippen molar-refractivity contribution in [1.82, 2.24) is 5.32 Å². The molecule has 0 aromatic carbocycles. The van der Waals surface area contributed by atoms with Crippen molar-refractivity contribution in [1.29, 1.82) is 0 Å². The zero-order chi connectivity index (χ0) is 11.7. The molecule has 0 radical (unpaired) electrons. The van der Waals surface area contributed by atoms with Gasteiger partial charge in [-0.15, -0.1) is 0 Å². The Balaban J connectivity index is 3.79. The highest BCUT2D eigenvalue weighted by Gasteiger charge is 2.07. The van der Waals surface area contributed by atoms with E-state index in [-0.39, 0.29) is 12.0 Å². The molecule has 0 aromatic heterocycles. The van der Waals surface area contributed by atoms with Crippen LogP contribution in [0.5, 0.6) is 0 Å². The number of esters is 1. The third kappa shape index (κ3) is 8.18. The second kappa shape index (κ2) is 8.48. The maximum absolute atomic E-state index is 11.2. The van der Waals surface area contributed by atoms with Crippen molar-refractivity contribution in [2.24, 2.45) is 0 Å². The summed E-state index contributed by atoms with van der Waals surface area (Å²) in [4.78, 5) is 11.2. The van der Waals surface area contributed by atoms with E-state index >= 15 is 0 Å². The maximum atomic E-state index is 11.2. The molecular weight excluding hydrogens is 190 g/mol. The fourth-order valence-electron chi connectivity index (χ4n) is 1.13. The van der Waals surface area contributed by atoms with Gasteiger partial charge in [-0.2, -0.15) is 0 Å². The minimum absolute atomic E-state index is 0.244. The van der Waals surface area contributed by atoms with E-state index in [0.717, 1.165) is 25.0 Å². The quantitative estimate of drug-likeness (QED) is 0.521. The average Bonchev–Trinajstić information content (AvgIpc) is 2.17. The first-order chi connectivity index (χ1) is 7.10. The molecule has 1 N–H and O–H groups in total. The highest BCUT2D eigenvalue weighted by Crippen LogP contribution is 1.96. The molecule has 15 heavy (non-hydrogen) atoms. The molecule has 0 bridgehead atoms. The number of carbonyl (C=O) groups excluding carboxylic acids is 1. The van der Waals surface area contributed by atoms with Gasteiger partial charge in [0.05, 0.1) is 0 Å². The molecular formula is C12H23NO2. The van der Waals surface area contributed by atoms with Gasteiger partial charge in [-0.3, -0.25) is 0 Å². The van der Waals surface area contributed by atoms with Crippen molar-refractivity contribution >= 4 is 5.97 Å². The van der Waals surface area contributed by atoms with Gasteiger partial charge in [0.1, 0.15) is 6.61 Å². The Kier molecular flexibility index (Phi) is 8.01. The number of rotatable bonds is 7. The van der Waals surface area contributed by atoms with Crippen molar-refractivity contribution in [3.63, 3.8) is 0 Å². The van der Waals surface area contributed by atoms with Crippen LogP contribution in [-0.2, 0) is 9.53 Å². The number of hydrogen-bond acceptors (Lipinski definition) is 3. The number of nitrogens with one attached hydrogen (secondary N) is 1. The second-order valence-corrected chi connectivity index (χ2v) is 3.91. The van der Waals surface area contributed by atoms with Gasteiger partial charge < -0.3 is 10.1 Å². The standard InChI is InChI=1S/C12H23NO2/c1-5-7-13-11(6-2)9-15-12(14)8-10(3)4/h8,11,13H,5-7,9H2,1-4H3. The normalized spacial score (nSPS) is 12.0. The molecule has 0 aliphatic carbocycles. The van der Waals surface area contributed by atoms with Crippen molar-refractivity contribution in [3.05, 3.63) is 11.6 Å². The Morgan fingerprint density at radius 1 is 1.40 bits per heavy atom. The van der Waals surface area contributed by atoms with E-state index < -0.39 is 0 Å². The zero-order valence-electron chi connectivity index (χ0n) is 10.3. The van der Waals surface area contributed by atoms with E-state index in [0.29, 0.717) is 6.61 Å². The number of hydrogen-bond donors (Lipinski definition) is 1. The van der Waals surface area contributed by atoms with E-state index in [4.69, 9.17) is 4.74 Å². The molecule has 3 nitrogen and oxygen atoms in total. The van der Waals surface area contributed by atoms with Crippen LogP contribution in [0.4, 0.5) is 0 Å². The van der Waals surface area contributed by atoms with E-state index in [2.05, 4.69) is 19.2 Å². The lowest BCUT2D eigenvalue weighted by Crippen LogP contribution is -2.34. The molecule has 0 saturated carbocycles. The summed E-state index contributed by atoms with van der Waals surface area (Å²) in [5, 5.41) is 3.33. The summed E-state index contributed by atoms with van der Waals surface area (Å²) in [5.41, 5.74) is 0.967. The maximum Gasteiger partial charge on any atom is 0.330 e. The fraction of sp³-hybridized carbons (Fsp3) is 0.750. The van der Waals surface area contributed by atoms with Gasteiger partial charge in [-0.05, 0) is 33.2 Å². The predicted molar refractivity (Wildman–Crippen MR) is 62.8 cm³/mol. The van der Waals surface area contributed by atoms with Gasteiger partial charge in [0.15, 0.2) is 0 Å². The summed E-state index contributed by atoms with van der Waals surface area (Å²) in [6.07, 6.45) is 3.59. The molecule has 0 heterocycles. The molecule has 0 fully saturated rings. The van der Waals surface area contributed by atoms with Crippen molar-refractivity contribution in [2.45, 2.75) is 46.6 Å². The van der Waals surface area contributed by atoms with Gasteiger partial charge in [0.2, 0.25) is 0 Å². The first kappa shape index (κ1) is 14.2. The van der Waals surface area contributed by atoms with Gasteiger partial charge in [0, 0.05) is 12.1 Å². The molecule has 0 amide bonds. The zero-order valence-corrected chi connectivity index (χ0v) is 10.3. The third-order valence-electron chi connectivity index (χ3n) is 2.01. The van der Waals surface area contributed by atoms with Crippen LogP contribution in [0.15, 0.2) is 11.6 Å². The average molecular weight is 213 g/mol. The van der Waals surface area contributed by atoms with Crippen molar-refractivity contribution in [2.75, 3.05) is 13.2 Å². The largest absolute Gasteiger partial charge is 0.461 e. The van der Waals surface area contributed by atoms with Crippen LogP contribution < -0.4 is 5.32 Å². The first-order valence-electron chi connectivity index (χ1n) is 5.65. The molecule has 1 unspecified atom stereocenters. The summed E-state index contributed by atoms with van der Waals surface area (Å²) >= 11 is 0. The van der Waals surface area contributed by atoms with Crippen LogP contribution >= 0.6 is 0 Å². The van der Waals surface area contributed by atoms with Crippen LogP contribution in [-0.4, -0.2) is 25.2 Å². The molecule has 0 aliphatic rings. The number of allylic oxidation sites excluding steroid dienone is 1. The summed E-state index contributed by atoms with van der Waals surface area (Å²) in [7, 11) is 0. The number of carbonyl (C=O) groups is 1. The summed E-state index contributed by atoms with van der Waals surface area (Å²) in [6.45, 7) is 9.40. The predicted octanol–water partition coefficient (Wildman–Crippen LogP) is 2.27. The van der Waals surface area contributed by atoms with Crippen molar-refractivity contribution < 1.29 is 9.53 Å². The molecule has 1 atom stereocenters. The summed E-state index contributed by atoms with van der Waals surface area (Å²) in [5.74, 6) is -0.244. The van der Waals surface area contributed by atoms with Crippen LogP contribution in [0.25, 0.3) is 0 Å². The van der Waals surface area contributed by atoms with E-state index in [1.807, 2.05) is 13.8 Å². The summed E-state index contributed by atoms with van der Waals surface area (Å²) < 4.78 is 5.13. The van der Waals surface area contributed by atoms with Crippen LogP contribution in [0.2, 0.25) is 0 Å². The highest BCUT2D eigenvalue weighted by atomic mass is 16.5. The molecule has 88 valence electrons. The lowest BCUT2D eigenvalue weighted by molar-refractivity contribution is -0.138. The molecule has 3 heteroatoms. The Morgan fingerprint density at radius 3 is 2.53 bits per heavy atom. The highest BCUT2D eigenvalue weighted by molar-refractivity contribution is 5.82. The second-order valence-electron chi connectivity index (χ2n) is 3.91. The van der Waals surface area contributed by atoms with Gasteiger partial charge in [-0.1, -0.05) is 19.4 Å². The first-order valence-corrected chi connectivity index (χ1v) is 5.65. The van der Waals surface area contributed by atoms with Gasteiger partial charge >= 0.3 is 5.97 Å². The monoisotopic (exact) mass is 213 g/mol. The SMILES string of the molecule is CCCNC(CC)COC(=O)C=C(C)C. The van der Waals surface area contributed by atoms with Crippen molar-refractivity contribution in [3.8, 4) is 0 Å². The van der Waals surface area contributed by atoms with Crippen LogP contribution in [0.1, 0.15) is 40.5 Å². The topological polar surface area (TPSA) is 38.3 Å². The van der Waals surface area contributed by atoms with Crippen LogP contribution in [0.3, 0.4) is 0 Å². The lowest BCUT2D eigenvalue weighted by atomic mass is 10.2. The van der Waals surface area contributed by atoms with Gasteiger partial charge in [-0.25, -0.2) is 4.79 Å². The van der Waals surface area contributed by atoms with Crippen LogP contribution in [0, 0.1) is 0 Å². The number of ether oxygens (including phenoxy) is 1. The molecule has 0 rings (SSSR count). The van der Waals surface area contributed by atoms with E-state index in [1.54, 1.807) is 0 Å². The Hall–Kier alpha value is -0.830. The fourth-order valence-corrected chi connectivity index (χ4v) is 1.13. The Bertz CT molecular complexity index is 208. The lowest BCUT2D eigenvalue weighted by Gasteiger charge is -2.15. The molecule has 0 aliphatic heterocycles. The third-order valence-corrected chi connectivity index (χ3v) is 2.01.